The quantitative estimate of drug-likeness (QED) is 0.764. The summed E-state index contributed by atoms with van der Waals surface area (Å²) in [4.78, 5) is 8.44. The molecule has 1 aromatic rings. The average molecular weight is 213 g/mol. The van der Waals surface area contributed by atoms with Crippen molar-refractivity contribution in [2.24, 2.45) is 0 Å². The van der Waals surface area contributed by atoms with Crippen LogP contribution < -0.4 is 0 Å². The van der Waals surface area contributed by atoms with Gasteiger partial charge in [-0.2, -0.15) is 0 Å². The fourth-order valence-electron chi connectivity index (χ4n) is 1.09. The van der Waals surface area contributed by atoms with Crippen molar-refractivity contribution in [1.82, 2.24) is 14.8 Å². The minimum atomic E-state index is 0.757. The molecule has 1 rings (SSSR count). The lowest BCUT2D eigenvalue weighted by Gasteiger charge is -2.05. The number of aromatic nitrogens is 1. The summed E-state index contributed by atoms with van der Waals surface area (Å²) in [6.07, 6.45) is 1.72. The van der Waals surface area contributed by atoms with Crippen molar-refractivity contribution < 1.29 is 4.42 Å². The van der Waals surface area contributed by atoms with Crippen LogP contribution in [0.1, 0.15) is 25.4 Å². The molecular formula is C11H23N3O. The molecule has 0 N–H and O–H groups in total. The molecule has 4 heteroatoms. The van der Waals surface area contributed by atoms with Gasteiger partial charge in [-0.25, -0.2) is 4.98 Å². The second kappa shape index (κ2) is 7.43. The Balaban J connectivity index is 0.000000921. The van der Waals surface area contributed by atoms with Crippen LogP contribution in [0, 0.1) is 0 Å². The molecule has 88 valence electrons. The Morgan fingerprint density at radius 3 is 2.07 bits per heavy atom. The van der Waals surface area contributed by atoms with E-state index in [-0.39, 0.29) is 0 Å². The van der Waals surface area contributed by atoms with Gasteiger partial charge in [0.2, 0.25) is 5.89 Å². The van der Waals surface area contributed by atoms with Crippen molar-refractivity contribution in [1.29, 1.82) is 0 Å². The molecule has 15 heavy (non-hydrogen) atoms. The summed E-state index contributed by atoms with van der Waals surface area (Å²) >= 11 is 0. The van der Waals surface area contributed by atoms with Gasteiger partial charge in [0.05, 0.1) is 12.2 Å². The molecule has 0 saturated carbocycles. The van der Waals surface area contributed by atoms with E-state index in [0.717, 1.165) is 24.7 Å². The predicted octanol–water partition coefficient (Wildman–Crippen LogP) is 1.82. The number of oxazole rings is 1. The van der Waals surface area contributed by atoms with Gasteiger partial charge in [0, 0.05) is 6.54 Å². The summed E-state index contributed by atoms with van der Waals surface area (Å²) in [6.45, 7) is 5.59. The first-order valence-corrected chi connectivity index (χ1v) is 5.30. The van der Waals surface area contributed by atoms with Crippen molar-refractivity contribution in [3.05, 3.63) is 17.8 Å². The Morgan fingerprint density at radius 1 is 1.07 bits per heavy atom. The van der Waals surface area contributed by atoms with Gasteiger partial charge in [0.25, 0.3) is 0 Å². The molecule has 0 spiro atoms. The van der Waals surface area contributed by atoms with E-state index in [4.69, 9.17) is 4.42 Å². The van der Waals surface area contributed by atoms with Gasteiger partial charge in [0.15, 0.2) is 0 Å². The average Bonchev–Trinajstić information content (AvgIpc) is 2.54. The first-order chi connectivity index (χ1) is 7.08. The van der Waals surface area contributed by atoms with E-state index in [2.05, 4.69) is 9.88 Å². The summed E-state index contributed by atoms with van der Waals surface area (Å²) in [5, 5.41) is 0. The Labute approximate surface area is 92.9 Å². The highest BCUT2D eigenvalue weighted by Gasteiger charge is 2.04. The highest BCUT2D eigenvalue weighted by molar-refractivity contribution is 4.95. The zero-order valence-corrected chi connectivity index (χ0v) is 10.7. The van der Waals surface area contributed by atoms with E-state index >= 15 is 0 Å². The minimum absolute atomic E-state index is 0.757. The molecule has 4 nitrogen and oxygen atoms in total. The van der Waals surface area contributed by atoms with Gasteiger partial charge in [-0.1, -0.05) is 13.8 Å². The molecule has 0 unspecified atom stereocenters. The number of nitrogens with zero attached hydrogens (tertiary/aromatic N) is 3. The van der Waals surface area contributed by atoms with Crippen LogP contribution >= 0.6 is 0 Å². The maximum Gasteiger partial charge on any atom is 0.208 e. The minimum Gasteiger partial charge on any atom is -0.447 e. The zero-order valence-electron chi connectivity index (χ0n) is 10.7. The maximum atomic E-state index is 5.30. The fraction of sp³-hybridized carbons (Fsp3) is 0.727. The molecule has 0 fully saturated rings. The van der Waals surface area contributed by atoms with Crippen LogP contribution in [0.2, 0.25) is 0 Å². The molecule has 0 amide bonds. The molecule has 1 heterocycles. The van der Waals surface area contributed by atoms with Gasteiger partial charge in [-0.3, -0.25) is 0 Å². The third-order valence-electron chi connectivity index (χ3n) is 1.53. The Kier molecular flexibility index (Phi) is 6.99. The lowest BCUT2D eigenvalue weighted by atomic mass is 10.4. The molecule has 0 aliphatic rings. The molecule has 0 bridgehead atoms. The van der Waals surface area contributed by atoms with Gasteiger partial charge in [0.1, 0.15) is 6.26 Å². The first kappa shape index (κ1) is 14.1. The number of hydrogen-bond acceptors (Lipinski definition) is 4. The standard InChI is InChI=1S/C9H17N3O.C2H6/c1-11(2)5-8-7-13-9(10-8)6-12(3)4;1-2/h7H,5-6H2,1-4H3;1-2H3. The molecular weight excluding hydrogens is 190 g/mol. The van der Waals surface area contributed by atoms with Crippen LogP contribution in [-0.2, 0) is 13.1 Å². The summed E-state index contributed by atoms with van der Waals surface area (Å²) in [6, 6.07) is 0. The smallest absolute Gasteiger partial charge is 0.208 e. The summed E-state index contributed by atoms with van der Waals surface area (Å²) in [7, 11) is 8.02. The maximum absolute atomic E-state index is 5.30. The molecule has 0 aromatic carbocycles. The third kappa shape index (κ3) is 6.25. The highest BCUT2D eigenvalue weighted by Crippen LogP contribution is 2.05. The largest absolute Gasteiger partial charge is 0.447 e. The molecule has 0 aliphatic heterocycles. The van der Waals surface area contributed by atoms with Gasteiger partial charge < -0.3 is 14.2 Å². The first-order valence-electron chi connectivity index (χ1n) is 5.30. The van der Waals surface area contributed by atoms with Crippen molar-refractivity contribution in [3.8, 4) is 0 Å². The van der Waals surface area contributed by atoms with Crippen LogP contribution in [-0.4, -0.2) is 43.0 Å². The van der Waals surface area contributed by atoms with E-state index in [0.29, 0.717) is 0 Å². The van der Waals surface area contributed by atoms with Gasteiger partial charge >= 0.3 is 0 Å². The third-order valence-corrected chi connectivity index (χ3v) is 1.53. The van der Waals surface area contributed by atoms with E-state index in [9.17, 15) is 0 Å². The zero-order chi connectivity index (χ0) is 11.8. The van der Waals surface area contributed by atoms with Crippen molar-refractivity contribution in [2.75, 3.05) is 28.2 Å². The van der Waals surface area contributed by atoms with Gasteiger partial charge in [-0.15, -0.1) is 0 Å². The summed E-state index contributed by atoms with van der Waals surface area (Å²) in [5.41, 5.74) is 0.988. The fourth-order valence-corrected chi connectivity index (χ4v) is 1.09. The van der Waals surface area contributed by atoms with E-state index in [1.807, 2.05) is 46.9 Å². The van der Waals surface area contributed by atoms with Crippen LogP contribution in [0.15, 0.2) is 10.7 Å². The Morgan fingerprint density at radius 2 is 1.60 bits per heavy atom. The normalized spacial score (nSPS) is 10.4. The lowest BCUT2D eigenvalue weighted by molar-refractivity contribution is 0.341. The molecule has 1 aromatic heterocycles. The van der Waals surface area contributed by atoms with Crippen LogP contribution in [0.4, 0.5) is 0 Å². The second-order valence-corrected chi connectivity index (χ2v) is 3.71. The van der Waals surface area contributed by atoms with Crippen molar-refractivity contribution >= 4 is 0 Å². The number of rotatable bonds is 4. The Hall–Kier alpha value is -0.870. The molecule has 0 saturated heterocycles. The van der Waals surface area contributed by atoms with Crippen LogP contribution in [0.3, 0.4) is 0 Å². The molecule has 0 aliphatic carbocycles. The Bertz CT molecular complexity index is 232. The SMILES string of the molecule is CC.CN(C)Cc1coc(CN(C)C)n1. The topological polar surface area (TPSA) is 32.5 Å². The highest BCUT2D eigenvalue weighted by atomic mass is 16.3. The second-order valence-electron chi connectivity index (χ2n) is 3.71. The van der Waals surface area contributed by atoms with E-state index < -0.39 is 0 Å². The molecule has 0 atom stereocenters. The lowest BCUT2D eigenvalue weighted by Crippen LogP contribution is -2.12. The van der Waals surface area contributed by atoms with Crippen molar-refractivity contribution in [2.45, 2.75) is 26.9 Å². The monoisotopic (exact) mass is 213 g/mol. The van der Waals surface area contributed by atoms with Crippen molar-refractivity contribution in [3.63, 3.8) is 0 Å². The van der Waals surface area contributed by atoms with Crippen LogP contribution in [0.5, 0.6) is 0 Å². The molecule has 0 radical (unpaired) electrons. The van der Waals surface area contributed by atoms with Crippen LogP contribution in [0.25, 0.3) is 0 Å². The summed E-state index contributed by atoms with van der Waals surface area (Å²) in [5.74, 6) is 0.779. The van der Waals surface area contributed by atoms with E-state index in [1.54, 1.807) is 6.26 Å². The van der Waals surface area contributed by atoms with E-state index in [1.165, 1.54) is 0 Å². The summed E-state index contributed by atoms with van der Waals surface area (Å²) < 4.78 is 5.30. The predicted molar refractivity (Wildman–Crippen MR) is 62.6 cm³/mol. The number of hydrogen-bond donors (Lipinski definition) is 0. The van der Waals surface area contributed by atoms with Gasteiger partial charge in [-0.05, 0) is 28.2 Å².